The Morgan fingerprint density at radius 3 is 2.50 bits per heavy atom. The first kappa shape index (κ1) is 17.1. The van der Waals surface area contributed by atoms with Crippen molar-refractivity contribution in [3.8, 4) is 5.75 Å². The fourth-order valence-electron chi connectivity index (χ4n) is 3.01. The van der Waals surface area contributed by atoms with Crippen molar-refractivity contribution >= 4 is 27.1 Å². The normalized spacial score (nSPS) is 22.4. The third-order valence-electron chi connectivity index (χ3n) is 4.10. The molecule has 5 nitrogen and oxygen atoms in total. The number of hydrogen-bond acceptors (Lipinski definition) is 5. The number of anilines is 1. The second kappa shape index (κ2) is 6.63. The Balaban J connectivity index is 1.98. The number of rotatable bonds is 4. The van der Waals surface area contributed by atoms with Gasteiger partial charge in [0.1, 0.15) is 5.75 Å². The summed E-state index contributed by atoms with van der Waals surface area (Å²) in [6.45, 7) is 0.376. The summed E-state index contributed by atoms with van der Waals surface area (Å²) < 4.78 is 23.8. The van der Waals surface area contributed by atoms with Gasteiger partial charge in [-0.1, -0.05) is 29.8 Å². The van der Waals surface area contributed by atoms with Crippen LogP contribution in [0.1, 0.15) is 5.56 Å². The maximum Gasteiger partial charge on any atom is 0.155 e. The van der Waals surface area contributed by atoms with E-state index in [2.05, 4.69) is 0 Å². The molecule has 0 amide bonds. The zero-order valence-corrected chi connectivity index (χ0v) is 14.4. The van der Waals surface area contributed by atoms with Crippen LogP contribution in [0, 0.1) is 0 Å². The second-order valence-corrected chi connectivity index (χ2v) is 8.58. The number of aliphatic hydroxyl groups excluding tert-OH is 1. The number of halogens is 1. The van der Waals surface area contributed by atoms with E-state index in [0.717, 1.165) is 5.56 Å². The molecule has 0 aromatic heterocycles. The summed E-state index contributed by atoms with van der Waals surface area (Å²) in [5, 5.41) is 20.6. The molecule has 0 radical (unpaired) electrons. The summed E-state index contributed by atoms with van der Waals surface area (Å²) in [6, 6.07) is 13.3. The van der Waals surface area contributed by atoms with E-state index in [9.17, 15) is 18.6 Å². The van der Waals surface area contributed by atoms with Crippen LogP contribution in [0.15, 0.2) is 48.5 Å². The van der Waals surface area contributed by atoms with E-state index in [1.165, 1.54) is 0 Å². The van der Waals surface area contributed by atoms with Crippen molar-refractivity contribution in [3.05, 3.63) is 59.1 Å². The van der Waals surface area contributed by atoms with Crippen molar-refractivity contribution in [2.75, 3.05) is 16.4 Å². The lowest BCUT2D eigenvalue weighted by Crippen LogP contribution is -2.42. The summed E-state index contributed by atoms with van der Waals surface area (Å²) >= 11 is 6.03. The molecule has 3 rings (SSSR count). The molecular weight excluding hydrogens is 350 g/mol. The lowest BCUT2D eigenvalue weighted by Gasteiger charge is -2.32. The van der Waals surface area contributed by atoms with Gasteiger partial charge in [-0.05, 0) is 29.8 Å². The van der Waals surface area contributed by atoms with E-state index in [4.69, 9.17) is 11.6 Å². The van der Waals surface area contributed by atoms with Gasteiger partial charge in [0.05, 0.1) is 23.7 Å². The molecule has 1 aliphatic heterocycles. The van der Waals surface area contributed by atoms with Crippen LogP contribution in [0.2, 0.25) is 5.02 Å². The first-order chi connectivity index (χ1) is 11.3. The first-order valence-electron chi connectivity index (χ1n) is 7.53. The van der Waals surface area contributed by atoms with Gasteiger partial charge in [0.25, 0.3) is 0 Å². The standard InChI is InChI=1S/C17H18ClNO4S/c18-13-4-1-3-12(7-13)9-19(14-5-2-6-15(20)8-14)16-10-24(22,23)11-17(16)21/h1-8,16-17,20-21H,9-11H2/t16-,17-/m0/s1. The molecule has 1 heterocycles. The third kappa shape index (κ3) is 3.83. The van der Waals surface area contributed by atoms with Gasteiger partial charge in [-0.15, -0.1) is 0 Å². The zero-order chi connectivity index (χ0) is 17.3. The van der Waals surface area contributed by atoms with Crippen molar-refractivity contribution in [1.29, 1.82) is 0 Å². The molecule has 2 atom stereocenters. The van der Waals surface area contributed by atoms with Crippen molar-refractivity contribution < 1.29 is 18.6 Å². The Labute approximate surface area is 146 Å². The SMILES string of the molecule is O=S1(=O)C[C@H](O)[C@@H](N(Cc2cccc(Cl)c2)c2cccc(O)c2)C1. The summed E-state index contributed by atoms with van der Waals surface area (Å²) in [4.78, 5) is 1.81. The van der Waals surface area contributed by atoms with Crippen LogP contribution < -0.4 is 4.90 Å². The van der Waals surface area contributed by atoms with E-state index in [1.807, 2.05) is 12.1 Å². The Kier molecular flexibility index (Phi) is 4.71. The molecule has 0 unspecified atom stereocenters. The molecule has 24 heavy (non-hydrogen) atoms. The molecule has 128 valence electrons. The van der Waals surface area contributed by atoms with Crippen LogP contribution in [0.3, 0.4) is 0 Å². The van der Waals surface area contributed by atoms with Gasteiger partial charge in [-0.2, -0.15) is 0 Å². The van der Waals surface area contributed by atoms with E-state index in [-0.39, 0.29) is 17.3 Å². The smallest absolute Gasteiger partial charge is 0.155 e. The average molecular weight is 368 g/mol. The summed E-state index contributed by atoms with van der Waals surface area (Å²) in [7, 11) is -3.29. The fourth-order valence-corrected chi connectivity index (χ4v) is 5.03. The number of phenolic OH excluding ortho intramolecular Hbond substituents is 1. The number of hydrogen-bond donors (Lipinski definition) is 2. The van der Waals surface area contributed by atoms with Gasteiger partial charge in [-0.3, -0.25) is 0 Å². The second-order valence-electron chi connectivity index (χ2n) is 5.99. The fraction of sp³-hybridized carbons (Fsp3) is 0.294. The van der Waals surface area contributed by atoms with Gasteiger partial charge < -0.3 is 15.1 Å². The molecule has 7 heteroatoms. The lowest BCUT2D eigenvalue weighted by molar-refractivity contribution is 0.177. The van der Waals surface area contributed by atoms with Crippen molar-refractivity contribution in [3.63, 3.8) is 0 Å². The first-order valence-corrected chi connectivity index (χ1v) is 9.72. The highest BCUT2D eigenvalue weighted by Crippen LogP contribution is 2.29. The number of nitrogens with zero attached hydrogens (tertiary/aromatic N) is 1. The molecule has 1 saturated heterocycles. The highest BCUT2D eigenvalue weighted by atomic mass is 35.5. The van der Waals surface area contributed by atoms with E-state index >= 15 is 0 Å². The van der Waals surface area contributed by atoms with Gasteiger partial charge in [0, 0.05) is 23.3 Å². The Morgan fingerprint density at radius 1 is 1.12 bits per heavy atom. The van der Waals surface area contributed by atoms with Gasteiger partial charge in [0.2, 0.25) is 0 Å². The molecule has 1 aliphatic rings. The van der Waals surface area contributed by atoms with E-state index in [1.54, 1.807) is 41.3 Å². The highest BCUT2D eigenvalue weighted by molar-refractivity contribution is 7.91. The van der Waals surface area contributed by atoms with Crippen LogP contribution in [0.5, 0.6) is 5.75 Å². The monoisotopic (exact) mass is 367 g/mol. The summed E-state index contributed by atoms with van der Waals surface area (Å²) in [5.74, 6) is -0.286. The molecular formula is C17H18ClNO4S. The average Bonchev–Trinajstić information content (AvgIpc) is 2.77. The van der Waals surface area contributed by atoms with Gasteiger partial charge in [0.15, 0.2) is 9.84 Å². The van der Waals surface area contributed by atoms with Crippen LogP contribution in [0.4, 0.5) is 5.69 Å². The maximum absolute atomic E-state index is 11.9. The minimum Gasteiger partial charge on any atom is -0.508 e. The lowest BCUT2D eigenvalue weighted by atomic mass is 10.1. The number of aromatic hydroxyl groups is 1. The number of phenols is 1. The molecule has 0 bridgehead atoms. The topological polar surface area (TPSA) is 77.8 Å². The molecule has 2 aromatic carbocycles. The Bertz CT molecular complexity index is 840. The quantitative estimate of drug-likeness (QED) is 0.866. The molecule has 1 fully saturated rings. The van der Waals surface area contributed by atoms with Crippen molar-refractivity contribution in [2.24, 2.45) is 0 Å². The minimum absolute atomic E-state index is 0.0823. The highest BCUT2D eigenvalue weighted by Gasteiger charge is 2.40. The summed E-state index contributed by atoms with van der Waals surface area (Å²) in [5.41, 5.74) is 1.54. The Hall–Kier alpha value is -1.76. The van der Waals surface area contributed by atoms with Crippen molar-refractivity contribution in [1.82, 2.24) is 0 Å². The Morgan fingerprint density at radius 2 is 1.88 bits per heavy atom. The maximum atomic E-state index is 11.9. The third-order valence-corrected chi connectivity index (χ3v) is 6.03. The van der Waals surface area contributed by atoms with Crippen LogP contribution in [-0.4, -0.2) is 42.3 Å². The summed E-state index contributed by atoms with van der Waals surface area (Å²) in [6.07, 6.45) is -0.975. The number of sulfone groups is 1. The zero-order valence-electron chi connectivity index (χ0n) is 12.8. The van der Waals surface area contributed by atoms with E-state index in [0.29, 0.717) is 17.3 Å². The molecule has 0 spiro atoms. The van der Waals surface area contributed by atoms with Gasteiger partial charge in [-0.25, -0.2) is 8.42 Å². The largest absolute Gasteiger partial charge is 0.508 e. The predicted molar refractivity (Wildman–Crippen MR) is 94.2 cm³/mol. The molecule has 0 aliphatic carbocycles. The minimum atomic E-state index is -3.29. The molecule has 2 aromatic rings. The molecule has 0 saturated carbocycles. The van der Waals surface area contributed by atoms with Crippen LogP contribution >= 0.6 is 11.6 Å². The predicted octanol–water partition coefficient (Wildman–Crippen LogP) is 2.21. The van der Waals surface area contributed by atoms with Crippen LogP contribution in [0.25, 0.3) is 0 Å². The van der Waals surface area contributed by atoms with Crippen LogP contribution in [-0.2, 0) is 16.4 Å². The molecule has 2 N–H and O–H groups in total. The number of aliphatic hydroxyl groups is 1. The van der Waals surface area contributed by atoms with Gasteiger partial charge >= 0.3 is 0 Å². The van der Waals surface area contributed by atoms with E-state index < -0.39 is 22.0 Å². The number of benzene rings is 2. The van der Waals surface area contributed by atoms with Crippen molar-refractivity contribution in [2.45, 2.75) is 18.7 Å².